The molecule has 5 nitrogen and oxygen atoms in total. The van der Waals surface area contributed by atoms with Crippen molar-refractivity contribution >= 4 is 10.0 Å². The maximum absolute atomic E-state index is 12.7. The highest BCUT2D eigenvalue weighted by atomic mass is 32.2. The highest BCUT2D eigenvalue weighted by Gasteiger charge is 2.28. The topological polar surface area (TPSA) is 55.2 Å². The first kappa shape index (κ1) is 18.1. The summed E-state index contributed by atoms with van der Waals surface area (Å²) in [7, 11) is -3.24. The van der Waals surface area contributed by atoms with E-state index in [-0.39, 0.29) is 5.75 Å². The van der Waals surface area contributed by atoms with Gasteiger partial charge in [-0.3, -0.25) is 0 Å². The van der Waals surface area contributed by atoms with Crippen LogP contribution in [0.5, 0.6) is 0 Å². The van der Waals surface area contributed by atoms with Crippen LogP contribution in [0.1, 0.15) is 36.7 Å². The quantitative estimate of drug-likeness (QED) is 0.795. The Morgan fingerprint density at radius 2 is 2.00 bits per heavy atom. The van der Waals surface area contributed by atoms with Gasteiger partial charge >= 0.3 is 0 Å². The largest absolute Gasteiger partial charge is 0.335 e. The van der Waals surface area contributed by atoms with Gasteiger partial charge in [0.15, 0.2) is 0 Å². The lowest BCUT2D eigenvalue weighted by Crippen LogP contribution is -2.40. The predicted molar refractivity (Wildman–Crippen MR) is 99.7 cm³/mol. The van der Waals surface area contributed by atoms with E-state index >= 15 is 0 Å². The van der Waals surface area contributed by atoms with Crippen LogP contribution >= 0.6 is 0 Å². The maximum atomic E-state index is 12.7. The van der Waals surface area contributed by atoms with Gasteiger partial charge in [0, 0.05) is 38.4 Å². The molecule has 1 aliphatic rings. The van der Waals surface area contributed by atoms with Crippen LogP contribution in [0.25, 0.3) is 0 Å². The fourth-order valence-electron chi connectivity index (χ4n) is 3.57. The summed E-state index contributed by atoms with van der Waals surface area (Å²) in [5.74, 6) is 1.72. The van der Waals surface area contributed by atoms with Crippen LogP contribution < -0.4 is 0 Å². The number of aromatic nitrogens is 2. The number of benzene rings is 1. The lowest BCUT2D eigenvalue weighted by Gasteiger charge is -2.31. The Morgan fingerprint density at radius 3 is 2.68 bits per heavy atom. The Kier molecular flexibility index (Phi) is 5.59. The molecule has 0 radical (unpaired) electrons. The average Bonchev–Trinajstić information content (AvgIpc) is 3.02. The van der Waals surface area contributed by atoms with Crippen LogP contribution in [-0.4, -0.2) is 35.4 Å². The minimum atomic E-state index is -3.24. The third-order valence-electron chi connectivity index (χ3n) is 4.97. The van der Waals surface area contributed by atoms with Crippen LogP contribution in [0, 0.1) is 12.8 Å². The number of hydrogen-bond acceptors (Lipinski definition) is 3. The molecule has 3 rings (SSSR count). The summed E-state index contributed by atoms with van der Waals surface area (Å²) in [5, 5.41) is 0. The Morgan fingerprint density at radius 1 is 1.24 bits per heavy atom. The smallest absolute Gasteiger partial charge is 0.218 e. The van der Waals surface area contributed by atoms with Crippen molar-refractivity contribution in [2.24, 2.45) is 5.92 Å². The molecule has 136 valence electrons. The zero-order chi connectivity index (χ0) is 17.9. The van der Waals surface area contributed by atoms with Crippen molar-refractivity contribution < 1.29 is 8.42 Å². The summed E-state index contributed by atoms with van der Waals surface area (Å²) in [6.07, 6.45) is 6.62. The van der Waals surface area contributed by atoms with E-state index in [4.69, 9.17) is 0 Å². The molecule has 2 aromatic rings. The van der Waals surface area contributed by atoms with Gasteiger partial charge in [0.1, 0.15) is 5.82 Å². The fraction of sp³-hybridized carbons (Fsp3) is 0.526. The first-order chi connectivity index (χ1) is 12.0. The van der Waals surface area contributed by atoms with Crippen LogP contribution in [0.3, 0.4) is 0 Å². The van der Waals surface area contributed by atoms with E-state index < -0.39 is 10.0 Å². The van der Waals surface area contributed by atoms with Crippen LogP contribution in [0.2, 0.25) is 0 Å². The molecular formula is C19H27N3O2S. The lowest BCUT2D eigenvalue weighted by atomic mass is 9.98. The van der Waals surface area contributed by atoms with E-state index in [1.807, 2.05) is 43.6 Å². The van der Waals surface area contributed by atoms with Crippen LogP contribution in [0.4, 0.5) is 0 Å². The van der Waals surface area contributed by atoms with Gasteiger partial charge in [-0.05, 0) is 31.2 Å². The van der Waals surface area contributed by atoms with E-state index in [9.17, 15) is 8.42 Å². The monoisotopic (exact) mass is 361 g/mol. The summed E-state index contributed by atoms with van der Waals surface area (Å²) in [6, 6.07) is 7.75. The normalized spacial score (nSPS) is 17.0. The second kappa shape index (κ2) is 7.70. The maximum Gasteiger partial charge on any atom is 0.218 e. The van der Waals surface area contributed by atoms with Crippen molar-refractivity contribution in [2.75, 3.05) is 13.1 Å². The first-order valence-electron chi connectivity index (χ1n) is 9.01. The van der Waals surface area contributed by atoms with Gasteiger partial charge < -0.3 is 4.57 Å². The molecule has 0 amide bonds. The molecule has 0 unspecified atom stereocenters. The average molecular weight is 362 g/mol. The molecule has 1 fully saturated rings. The van der Waals surface area contributed by atoms with Gasteiger partial charge in [0.25, 0.3) is 0 Å². The Hall–Kier alpha value is -1.66. The van der Waals surface area contributed by atoms with E-state index in [2.05, 4.69) is 16.5 Å². The van der Waals surface area contributed by atoms with Crippen molar-refractivity contribution in [1.29, 1.82) is 0 Å². The van der Waals surface area contributed by atoms with Gasteiger partial charge in [0.2, 0.25) is 10.0 Å². The lowest BCUT2D eigenvalue weighted by molar-refractivity contribution is 0.251. The van der Waals surface area contributed by atoms with Crippen molar-refractivity contribution in [1.82, 2.24) is 13.9 Å². The van der Waals surface area contributed by atoms with Gasteiger partial charge in [-0.25, -0.2) is 17.7 Å². The molecule has 0 atom stereocenters. The van der Waals surface area contributed by atoms with Crippen molar-refractivity contribution in [2.45, 2.75) is 45.4 Å². The SMILES string of the molecule is CCc1nccn1CC1CCN(S(=O)(=O)Cc2cccc(C)c2)CC1. The minimum Gasteiger partial charge on any atom is -0.335 e. The molecule has 0 bridgehead atoms. The second-order valence-corrected chi connectivity index (χ2v) is 8.91. The number of nitrogens with zero attached hydrogens (tertiary/aromatic N) is 3. The molecule has 1 saturated heterocycles. The van der Waals surface area contributed by atoms with E-state index in [1.54, 1.807) is 4.31 Å². The summed E-state index contributed by atoms with van der Waals surface area (Å²) in [4.78, 5) is 4.36. The van der Waals surface area contributed by atoms with Crippen LogP contribution in [0.15, 0.2) is 36.7 Å². The molecule has 0 aliphatic carbocycles. The van der Waals surface area contributed by atoms with E-state index in [1.165, 1.54) is 0 Å². The molecule has 1 aromatic heterocycles. The molecule has 0 spiro atoms. The third kappa shape index (κ3) is 4.50. The van der Waals surface area contributed by atoms with E-state index in [0.717, 1.165) is 42.8 Å². The summed E-state index contributed by atoms with van der Waals surface area (Å²) in [5.41, 5.74) is 1.96. The van der Waals surface area contributed by atoms with Gasteiger partial charge in [0.05, 0.1) is 5.75 Å². The Labute approximate surface area is 150 Å². The predicted octanol–water partition coefficient (Wildman–Crippen LogP) is 3.00. The van der Waals surface area contributed by atoms with Crippen molar-refractivity contribution in [3.63, 3.8) is 0 Å². The minimum absolute atomic E-state index is 0.0981. The molecule has 1 aromatic carbocycles. The number of imidazole rings is 1. The zero-order valence-corrected chi connectivity index (χ0v) is 15.9. The third-order valence-corrected chi connectivity index (χ3v) is 6.82. The molecule has 1 aliphatic heterocycles. The number of aryl methyl sites for hydroxylation is 2. The molecule has 0 N–H and O–H groups in total. The first-order valence-corrected chi connectivity index (χ1v) is 10.6. The fourth-order valence-corrected chi connectivity index (χ4v) is 5.12. The van der Waals surface area contributed by atoms with E-state index in [0.29, 0.717) is 19.0 Å². The van der Waals surface area contributed by atoms with Crippen molar-refractivity contribution in [3.8, 4) is 0 Å². The molecule has 6 heteroatoms. The highest BCUT2D eigenvalue weighted by molar-refractivity contribution is 7.88. The zero-order valence-electron chi connectivity index (χ0n) is 15.1. The van der Waals surface area contributed by atoms with Crippen molar-refractivity contribution in [3.05, 3.63) is 53.6 Å². The number of hydrogen-bond donors (Lipinski definition) is 0. The molecular weight excluding hydrogens is 334 g/mol. The van der Waals surface area contributed by atoms with Gasteiger partial charge in [-0.15, -0.1) is 0 Å². The highest BCUT2D eigenvalue weighted by Crippen LogP contribution is 2.23. The number of sulfonamides is 1. The number of piperidine rings is 1. The second-order valence-electron chi connectivity index (χ2n) is 6.94. The Bertz CT molecular complexity index is 806. The molecule has 0 saturated carbocycles. The molecule has 25 heavy (non-hydrogen) atoms. The summed E-state index contributed by atoms with van der Waals surface area (Å²) >= 11 is 0. The Balaban J connectivity index is 1.57. The van der Waals surface area contributed by atoms with Gasteiger partial charge in [-0.2, -0.15) is 0 Å². The van der Waals surface area contributed by atoms with Crippen LogP contribution in [-0.2, 0) is 28.7 Å². The summed E-state index contributed by atoms with van der Waals surface area (Å²) < 4.78 is 29.3. The number of rotatable bonds is 6. The molecule has 2 heterocycles. The standard InChI is InChI=1S/C19H27N3O2S/c1-3-19-20-9-12-21(19)14-17-7-10-22(11-8-17)25(23,24)15-18-6-4-5-16(2)13-18/h4-6,9,12-13,17H,3,7-8,10-11,14-15H2,1-2H3. The summed E-state index contributed by atoms with van der Waals surface area (Å²) in [6.45, 7) is 6.28. The van der Waals surface area contributed by atoms with Gasteiger partial charge in [-0.1, -0.05) is 36.8 Å².